The second-order valence-corrected chi connectivity index (χ2v) is 3.77. The number of hydrogen-bond acceptors (Lipinski definition) is 3. The Morgan fingerprint density at radius 3 is 2.82 bits per heavy atom. The lowest BCUT2D eigenvalue weighted by Gasteiger charge is -2.14. The fraction of sp³-hybridized carbons (Fsp3) is 0.462. The Labute approximate surface area is 102 Å². The largest absolute Gasteiger partial charge is 0.414 e. The van der Waals surface area contributed by atoms with Gasteiger partial charge >= 0.3 is 6.09 Å². The van der Waals surface area contributed by atoms with Gasteiger partial charge in [-0.1, -0.05) is 12.1 Å². The van der Waals surface area contributed by atoms with Gasteiger partial charge < -0.3 is 14.4 Å². The van der Waals surface area contributed by atoms with E-state index in [-0.39, 0.29) is 6.09 Å². The van der Waals surface area contributed by atoms with E-state index in [9.17, 15) is 4.79 Å². The van der Waals surface area contributed by atoms with Crippen LogP contribution in [0.2, 0.25) is 0 Å². The van der Waals surface area contributed by atoms with E-state index in [2.05, 4.69) is 0 Å². The van der Waals surface area contributed by atoms with Gasteiger partial charge in [-0.2, -0.15) is 0 Å². The minimum absolute atomic E-state index is 0.337. The summed E-state index contributed by atoms with van der Waals surface area (Å²) in [6.45, 7) is 3.19. The molecule has 1 aromatic carbocycles. The predicted molar refractivity (Wildman–Crippen MR) is 66.4 cm³/mol. The molecule has 0 fully saturated rings. The maximum Gasteiger partial charge on any atom is 0.414 e. The van der Waals surface area contributed by atoms with Gasteiger partial charge in [-0.3, -0.25) is 0 Å². The van der Waals surface area contributed by atoms with Crippen LogP contribution in [-0.2, 0) is 11.2 Å². The number of benzene rings is 1. The van der Waals surface area contributed by atoms with Gasteiger partial charge in [0.25, 0.3) is 0 Å². The van der Waals surface area contributed by atoms with E-state index in [1.807, 2.05) is 25.1 Å². The molecule has 0 unspecified atom stereocenters. The smallest absolute Gasteiger partial charge is 0.410 e. The summed E-state index contributed by atoms with van der Waals surface area (Å²) in [5, 5.41) is 0. The first-order valence-corrected chi connectivity index (χ1v) is 5.68. The van der Waals surface area contributed by atoms with Crippen molar-refractivity contribution in [3.8, 4) is 5.75 Å². The number of carbonyl (C=O) groups excluding carboxylic acids is 1. The number of carbonyl (C=O) groups is 1. The number of hydrogen-bond donors (Lipinski definition) is 0. The second-order valence-electron chi connectivity index (χ2n) is 3.77. The van der Waals surface area contributed by atoms with Gasteiger partial charge in [0.15, 0.2) is 0 Å². The maximum absolute atomic E-state index is 11.5. The molecule has 0 aromatic heterocycles. The molecule has 0 aliphatic carbocycles. The molecule has 94 valence electrons. The molecule has 4 heteroatoms. The third-order valence-corrected chi connectivity index (χ3v) is 2.48. The number of rotatable bonds is 5. The summed E-state index contributed by atoms with van der Waals surface area (Å²) in [5.74, 6) is 0.573. The second kappa shape index (κ2) is 6.91. The van der Waals surface area contributed by atoms with E-state index >= 15 is 0 Å². The highest BCUT2D eigenvalue weighted by molar-refractivity contribution is 5.70. The average Bonchev–Trinajstić information content (AvgIpc) is 2.35. The van der Waals surface area contributed by atoms with E-state index in [4.69, 9.17) is 9.47 Å². The Balaban J connectivity index is 2.62. The molecule has 0 aliphatic rings. The van der Waals surface area contributed by atoms with Crippen molar-refractivity contribution in [1.82, 2.24) is 4.90 Å². The molecule has 0 aliphatic heterocycles. The molecule has 1 amide bonds. The summed E-state index contributed by atoms with van der Waals surface area (Å²) in [6.07, 6.45) is 0.474. The Kier molecular flexibility index (Phi) is 5.49. The van der Waals surface area contributed by atoms with E-state index in [0.29, 0.717) is 18.9 Å². The third kappa shape index (κ3) is 4.44. The van der Waals surface area contributed by atoms with Crippen molar-refractivity contribution >= 4 is 6.09 Å². The quantitative estimate of drug-likeness (QED) is 0.789. The molecule has 17 heavy (non-hydrogen) atoms. The van der Waals surface area contributed by atoms with Crippen LogP contribution in [-0.4, -0.2) is 38.3 Å². The van der Waals surface area contributed by atoms with Crippen LogP contribution in [0.4, 0.5) is 4.79 Å². The molecule has 0 saturated heterocycles. The van der Waals surface area contributed by atoms with Crippen LogP contribution >= 0.6 is 0 Å². The monoisotopic (exact) mass is 237 g/mol. The molecule has 1 rings (SSSR count). The van der Waals surface area contributed by atoms with Crippen molar-refractivity contribution in [2.75, 3.05) is 27.3 Å². The summed E-state index contributed by atoms with van der Waals surface area (Å²) >= 11 is 0. The zero-order valence-corrected chi connectivity index (χ0v) is 10.6. The van der Waals surface area contributed by atoms with Crippen molar-refractivity contribution in [2.24, 2.45) is 0 Å². The zero-order chi connectivity index (χ0) is 12.7. The molecule has 0 heterocycles. The lowest BCUT2D eigenvalue weighted by atomic mass is 10.1. The number of amides is 1. The first kappa shape index (κ1) is 13.5. The first-order valence-electron chi connectivity index (χ1n) is 5.68. The first-order chi connectivity index (χ1) is 8.17. The van der Waals surface area contributed by atoms with Crippen molar-refractivity contribution < 1.29 is 14.3 Å². The number of ether oxygens (including phenoxy) is 2. The molecule has 0 saturated carbocycles. The van der Waals surface area contributed by atoms with Crippen molar-refractivity contribution in [2.45, 2.75) is 13.3 Å². The molecule has 1 aromatic rings. The van der Waals surface area contributed by atoms with Gasteiger partial charge in [0, 0.05) is 20.7 Å². The molecular formula is C13H19NO3. The summed E-state index contributed by atoms with van der Waals surface area (Å²) in [6, 6.07) is 7.50. The van der Waals surface area contributed by atoms with E-state index < -0.39 is 0 Å². The Hall–Kier alpha value is -1.55. The van der Waals surface area contributed by atoms with Crippen molar-refractivity contribution in [1.29, 1.82) is 0 Å². The van der Waals surface area contributed by atoms with Gasteiger partial charge in [0.1, 0.15) is 5.75 Å². The van der Waals surface area contributed by atoms with E-state index in [1.165, 1.54) is 4.90 Å². The molecule has 0 N–H and O–H groups in total. The van der Waals surface area contributed by atoms with Gasteiger partial charge in [-0.25, -0.2) is 4.79 Å². The zero-order valence-electron chi connectivity index (χ0n) is 10.6. The van der Waals surface area contributed by atoms with Crippen LogP contribution in [0.3, 0.4) is 0 Å². The predicted octanol–water partition coefficient (Wildman–Crippen LogP) is 2.33. The van der Waals surface area contributed by atoms with Crippen molar-refractivity contribution in [3.05, 3.63) is 29.8 Å². The van der Waals surface area contributed by atoms with Crippen LogP contribution in [0.15, 0.2) is 24.3 Å². The SMILES string of the molecule is CCN(C)C(=O)Oc1cccc(CCOC)c1. The highest BCUT2D eigenvalue weighted by Crippen LogP contribution is 2.14. The summed E-state index contributed by atoms with van der Waals surface area (Å²) in [5.41, 5.74) is 1.09. The highest BCUT2D eigenvalue weighted by Gasteiger charge is 2.09. The summed E-state index contributed by atoms with van der Waals surface area (Å²) in [7, 11) is 3.37. The maximum atomic E-state index is 11.5. The molecule has 0 atom stereocenters. The molecule has 0 radical (unpaired) electrons. The lowest BCUT2D eigenvalue weighted by molar-refractivity contribution is 0.165. The number of methoxy groups -OCH3 is 1. The molecule has 0 bridgehead atoms. The van der Waals surface area contributed by atoms with E-state index in [0.717, 1.165) is 12.0 Å². The minimum atomic E-state index is -0.337. The standard InChI is InChI=1S/C13H19NO3/c1-4-14(2)13(15)17-12-7-5-6-11(10-12)8-9-16-3/h5-7,10H,4,8-9H2,1-3H3. The van der Waals surface area contributed by atoms with Crippen LogP contribution < -0.4 is 4.74 Å². The Morgan fingerprint density at radius 2 is 2.18 bits per heavy atom. The van der Waals surface area contributed by atoms with Gasteiger partial charge in [0.2, 0.25) is 0 Å². The minimum Gasteiger partial charge on any atom is -0.410 e. The topological polar surface area (TPSA) is 38.8 Å². The molecule has 4 nitrogen and oxygen atoms in total. The van der Waals surface area contributed by atoms with Gasteiger partial charge in [0.05, 0.1) is 6.61 Å². The summed E-state index contributed by atoms with van der Waals surface area (Å²) in [4.78, 5) is 13.1. The van der Waals surface area contributed by atoms with Crippen LogP contribution in [0.5, 0.6) is 5.75 Å². The Bertz CT molecular complexity index is 365. The summed E-state index contributed by atoms with van der Waals surface area (Å²) < 4.78 is 10.2. The fourth-order valence-corrected chi connectivity index (χ4v) is 1.29. The van der Waals surface area contributed by atoms with Crippen LogP contribution in [0.1, 0.15) is 12.5 Å². The lowest BCUT2D eigenvalue weighted by Crippen LogP contribution is -2.29. The third-order valence-electron chi connectivity index (χ3n) is 2.48. The normalized spacial score (nSPS) is 10.1. The van der Waals surface area contributed by atoms with Crippen molar-refractivity contribution in [3.63, 3.8) is 0 Å². The van der Waals surface area contributed by atoms with E-state index in [1.54, 1.807) is 20.2 Å². The van der Waals surface area contributed by atoms with Crippen LogP contribution in [0.25, 0.3) is 0 Å². The number of nitrogens with zero attached hydrogens (tertiary/aromatic N) is 1. The van der Waals surface area contributed by atoms with Gasteiger partial charge in [-0.05, 0) is 31.0 Å². The van der Waals surface area contributed by atoms with Crippen LogP contribution in [0, 0.1) is 0 Å². The average molecular weight is 237 g/mol. The van der Waals surface area contributed by atoms with Gasteiger partial charge in [-0.15, -0.1) is 0 Å². The molecular weight excluding hydrogens is 218 g/mol. The Morgan fingerprint density at radius 1 is 1.41 bits per heavy atom. The molecule has 0 spiro atoms. The highest BCUT2D eigenvalue weighted by atomic mass is 16.6. The fourth-order valence-electron chi connectivity index (χ4n) is 1.29.